The molecule has 17 heavy (non-hydrogen) atoms. The Kier molecular flexibility index (Phi) is 3.49. The number of imidazole rings is 1. The SMILES string of the molecule is Cl.O=c1[nH]c2ncccc2n1C1CCNCC1. The van der Waals surface area contributed by atoms with Crippen LogP contribution in [-0.4, -0.2) is 27.6 Å². The van der Waals surface area contributed by atoms with Crippen LogP contribution >= 0.6 is 12.4 Å². The first-order valence-corrected chi connectivity index (χ1v) is 5.62. The van der Waals surface area contributed by atoms with E-state index in [0.717, 1.165) is 31.4 Å². The zero-order valence-corrected chi connectivity index (χ0v) is 10.2. The molecule has 0 radical (unpaired) electrons. The molecule has 0 unspecified atom stereocenters. The third-order valence-electron chi connectivity index (χ3n) is 3.16. The van der Waals surface area contributed by atoms with Crippen molar-refractivity contribution in [1.29, 1.82) is 0 Å². The van der Waals surface area contributed by atoms with Crippen LogP contribution in [0.3, 0.4) is 0 Å². The van der Waals surface area contributed by atoms with Crippen molar-refractivity contribution < 1.29 is 0 Å². The Balaban J connectivity index is 0.00000108. The van der Waals surface area contributed by atoms with Crippen LogP contribution in [0.4, 0.5) is 0 Å². The van der Waals surface area contributed by atoms with Gasteiger partial charge >= 0.3 is 5.69 Å². The molecule has 1 saturated heterocycles. The van der Waals surface area contributed by atoms with Gasteiger partial charge in [0.1, 0.15) is 0 Å². The van der Waals surface area contributed by atoms with E-state index in [1.54, 1.807) is 6.20 Å². The number of nitrogens with one attached hydrogen (secondary N) is 2. The maximum absolute atomic E-state index is 11.9. The lowest BCUT2D eigenvalue weighted by Crippen LogP contribution is -2.33. The predicted octanol–water partition coefficient (Wildman–Crippen LogP) is 1.07. The normalized spacial score (nSPS) is 16.9. The summed E-state index contributed by atoms with van der Waals surface area (Å²) in [5.41, 5.74) is 1.56. The molecule has 2 N–H and O–H groups in total. The van der Waals surface area contributed by atoms with Gasteiger partial charge in [0.2, 0.25) is 0 Å². The predicted molar refractivity (Wildman–Crippen MR) is 68.7 cm³/mol. The highest BCUT2D eigenvalue weighted by Gasteiger charge is 2.19. The van der Waals surface area contributed by atoms with E-state index in [0.29, 0.717) is 11.7 Å². The quantitative estimate of drug-likeness (QED) is 0.800. The summed E-state index contributed by atoms with van der Waals surface area (Å²) in [6.07, 6.45) is 3.70. The second-order valence-electron chi connectivity index (χ2n) is 4.15. The molecule has 92 valence electrons. The molecule has 0 aliphatic carbocycles. The number of pyridine rings is 1. The molecular formula is C11H15ClN4O. The number of halogens is 1. The van der Waals surface area contributed by atoms with E-state index < -0.39 is 0 Å². The van der Waals surface area contributed by atoms with E-state index in [2.05, 4.69) is 15.3 Å². The third kappa shape index (κ3) is 2.08. The summed E-state index contributed by atoms with van der Waals surface area (Å²) in [6, 6.07) is 4.11. The lowest BCUT2D eigenvalue weighted by Gasteiger charge is -2.23. The van der Waals surface area contributed by atoms with Crippen LogP contribution in [0.5, 0.6) is 0 Å². The molecule has 5 nitrogen and oxygen atoms in total. The van der Waals surface area contributed by atoms with Crippen molar-refractivity contribution in [2.45, 2.75) is 18.9 Å². The van der Waals surface area contributed by atoms with Gasteiger partial charge in [-0.05, 0) is 38.1 Å². The van der Waals surface area contributed by atoms with E-state index >= 15 is 0 Å². The summed E-state index contributed by atoms with van der Waals surface area (Å²) in [5, 5.41) is 3.30. The van der Waals surface area contributed by atoms with Crippen LogP contribution in [0.15, 0.2) is 23.1 Å². The number of aromatic nitrogens is 3. The van der Waals surface area contributed by atoms with Crippen LogP contribution in [0, 0.1) is 0 Å². The Bertz CT molecular complexity index is 556. The molecule has 0 saturated carbocycles. The van der Waals surface area contributed by atoms with Crippen molar-refractivity contribution in [3.63, 3.8) is 0 Å². The molecule has 1 aliphatic heterocycles. The summed E-state index contributed by atoms with van der Waals surface area (Å²) in [7, 11) is 0. The van der Waals surface area contributed by atoms with Crippen molar-refractivity contribution in [2.75, 3.05) is 13.1 Å². The van der Waals surface area contributed by atoms with Gasteiger partial charge in [-0.15, -0.1) is 12.4 Å². The van der Waals surface area contributed by atoms with Gasteiger partial charge in [-0.25, -0.2) is 9.78 Å². The Morgan fingerprint density at radius 3 is 2.88 bits per heavy atom. The van der Waals surface area contributed by atoms with Gasteiger partial charge in [0, 0.05) is 12.2 Å². The number of nitrogens with zero attached hydrogens (tertiary/aromatic N) is 2. The minimum Gasteiger partial charge on any atom is -0.317 e. The molecule has 0 atom stereocenters. The lowest BCUT2D eigenvalue weighted by molar-refractivity contribution is 0.368. The van der Waals surface area contributed by atoms with Gasteiger partial charge in [-0.1, -0.05) is 0 Å². The zero-order chi connectivity index (χ0) is 11.0. The smallest absolute Gasteiger partial charge is 0.317 e. The maximum Gasteiger partial charge on any atom is 0.327 e. The number of piperidine rings is 1. The number of H-pyrrole nitrogens is 1. The minimum atomic E-state index is -0.0411. The first-order chi connectivity index (χ1) is 7.86. The van der Waals surface area contributed by atoms with Crippen molar-refractivity contribution in [3.8, 4) is 0 Å². The van der Waals surface area contributed by atoms with Gasteiger partial charge in [0.15, 0.2) is 5.65 Å². The third-order valence-corrected chi connectivity index (χ3v) is 3.16. The Labute approximate surface area is 105 Å². The molecule has 1 aliphatic rings. The molecular weight excluding hydrogens is 240 g/mol. The summed E-state index contributed by atoms with van der Waals surface area (Å²) in [4.78, 5) is 18.9. The average molecular weight is 255 g/mol. The molecule has 0 spiro atoms. The van der Waals surface area contributed by atoms with Crippen LogP contribution < -0.4 is 11.0 Å². The standard InChI is InChI=1S/C11H14N4O.ClH/c16-11-14-10-9(2-1-5-13-10)15(11)8-3-6-12-7-4-8;/h1-2,5,8,12H,3-4,6-7H2,(H,13,14,16);1H. The number of hydrogen-bond donors (Lipinski definition) is 2. The van der Waals surface area contributed by atoms with Gasteiger partial charge < -0.3 is 5.32 Å². The highest BCUT2D eigenvalue weighted by Crippen LogP contribution is 2.20. The monoisotopic (exact) mass is 254 g/mol. The second-order valence-corrected chi connectivity index (χ2v) is 4.15. The fourth-order valence-corrected chi connectivity index (χ4v) is 2.39. The molecule has 0 bridgehead atoms. The molecule has 2 aromatic heterocycles. The van der Waals surface area contributed by atoms with Crippen molar-refractivity contribution in [2.24, 2.45) is 0 Å². The van der Waals surface area contributed by atoms with Gasteiger partial charge in [0.25, 0.3) is 0 Å². The molecule has 0 amide bonds. The summed E-state index contributed by atoms with van der Waals surface area (Å²) < 4.78 is 1.85. The fraction of sp³-hybridized carbons (Fsp3) is 0.455. The van der Waals surface area contributed by atoms with Crippen molar-refractivity contribution in [1.82, 2.24) is 19.9 Å². The first-order valence-electron chi connectivity index (χ1n) is 5.62. The largest absolute Gasteiger partial charge is 0.327 e. The number of hydrogen-bond acceptors (Lipinski definition) is 3. The van der Waals surface area contributed by atoms with Crippen LogP contribution in [0.1, 0.15) is 18.9 Å². The van der Waals surface area contributed by atoms with E-state index in [1.165, 1.54) is 0 Å². The Morgan fingerprint density at radius 2 is 2.12 bits per heavy atom. The number of rotatable bonds is 1. The summed E-state index contributed by atoms with van der Waals surface area (Å²) in [5.74, 6) is 0. The second kappa shape index (κ2) is 4.89. The van der Waals surface area contributed by atoms with E-state index in [9.17, 15) is 4.79 Å². The van der Waals surface area contributed by atoms with Crippen molar-refractivity contribution >= 4 is 23.6 Å². The van der Waals surface area contributed by atoms with Crippen LogP contribution in [0.25, 0.3) is 11.2 Å². The Morgan fingerprint density at radius 1 is 1.35 bits per heavy atom. The highest BCUT2D eigenvalue weighted by atomic mass is 35.5. The van der Waals surface area contributed by atoms with Crippen molar-refractivity contribution in [3.05, 3.63) is 28.8 Å². The Hall–Kier alpha value is -1.33. The first kappa shape index (κ1) is 12.1. The van der Waals surface area contributed by atoms with Gasteiger partial charge in [-0.3, -0.25) is 9.55 Å². The summed E-state index contributed by atoms with van der Waals surface area (Å²) in [6.45, 7) is 1.95. The lowest BCUT2D eigenvalue weighted by atomic mass is 10.1. The highest BCUT2D eigenvalue weighted by molar-refractivity contribution is 5.85. The molecule has 3 heterocycles. The van der Waals surface area contributed by atoms with E-state index in [-0.39, 0.29) is 18.1 Å². The topological polar surface area (TPSA) is 62.7 Å². The molecule has 3 rings (SSSR count). The van der Waals surface area contributed by atoms with Gasteiger partial charge in [-0.2, -0.15) is 0 Å². The van der Waals surface area contributed by atoms with Gasteiger partial charge in [0.05, 0.1) is 5.52 Å². The maximum atomic E-state index is 11.9. The summed E-state index contributed by atoms with van der Waals surface area (Å²) >= 11 is 0. The molecule has 0 aromatic carbocycles. The van der Waals surface area contributed by atoms with Crippen LogP contribution in [-0.2, 0) is 0 Å². The van der Waals surface area contributed by atoms with Crippen LogP contribution in [0.2, 0.25) is 0 Å². The molecule has 6 heteroatoms. The van der Waals surface area contributed by atoms with E-state index in [1.807, 2.05) is 16.7 Å². The average Bonchev–Trinajstić information content (AvgIpc) is 2.66. The number of fused-ring (bicyclic) bond motifs is 1. The molecule has 1 fully saturated rings. The van der Waals surface area contributed by atoms with E-state index in [4.69, 9.17) is 0 Å². The minimum absolute atomic E-state index is 0. The molecule has 2 aromatic rings. The zero-order valence-electron chi connectivity index (χ0n) is 9.35. The number of aromatic amines is 1. The fourth-order valence-electron chi connectivity index (χ4n) is 2.39.